The van der Waals surface area contributed by atoms with Gasteiger partial charge in [-0.3, -0.25) is 9.71 Å². The van der Waals surface area contributed by atoms with Crippen LogP contribution in [0.15, 0.2) is 66.0 Å². The zero-order valence-corrected chi connectivity index (χ0v) is 14.0. The summed E-state index contributed by atoms with van der Waals surface area (Å²) in [5, 5.41) is 0. The number of nitrogens with zero attached hydrogens (tertiary/aromatic N) is 2. The molecule has 0 bridgehead atoms. The third-order valence-corrected chi connectivity index (χ3v) is 4.82. The van der Waals surface area contributed by atoms with Gasteiger partial charge in [0.2, 0.25) is 5.88 Å². The van der Waals surface area contributed by atoms with E-state index < -0.39 is 15.8 Å². The molecule has 0 atom stereocenters. The number of hydrogen-bond donors (Lipinski definition) is 1. The van der Waals surface area contributed by atoms with Gasteiger partial charge < -0.3 is 4.74 Å². The van der Waals surface area contributed by atoms with Crippen molar-refractivity contribution in [1.82, 2.24) is 9.97 Å². The van der Waals surface area contributed by atoms with Crippen LogP contribution in [0.3, 0.4) is 0 Å². The average Bonchev–Trinajstić information content (AvgIpc) is 2.55. The molecule has 0 aliphatic rings. The first-order chi connectivity index (χ1) is 11.9. The van der Waals surface area contributed by atoms with E-state index in [1.54, 1.807) is 18.2 Å². The summed E-state index contributed by atoms with van der Waals surface area (Å²) in [5.74, 6) is 0.198. The van der Waals surface area contributed by atoms with Crippen LogP contribution in [0.4, 0.5) is 10.1 Å². The lowest BCUT2D eigenvalue weighted by molar-refractivity contribution is 0.460. The van der Waals surface area contributed by atoms with Gasteiger partial charge in [0.1, 0.15) is 11.6 Å². The predicted octanol–water partition coefficient (Wildman–Crippen LogP) is 3.52. The molecule has 0 aliphatic carbocycles. The summed E-state index contributed by atoms with van der Waals surface area (Å²) in [4.78, 5) is 7.88. The first kappa shape index (κ1) is 16.8. The smallest absolute Gasteiger partial charge is 0.262 e. The number of halogens is 1. The molecule has 3 aromatic rings. The molecule has 8 heteroatoms. The second-order valence-electron chi connectivity index (χ2n) is 5.19. The summed E-state index contributed by atoms with van der Waals surface area (Å²) < 4.78 is 46.2. The SMILES string of the molecule is Cc1cc(F)ccc1S(=O)(=O)Nc1cccc(Oc2cnccn2)c1. The quantitative estimate of drug-likeness (QED) is 0.754. The summed E-state index contributed by atoms with van der Waals surface area (Å²) in [5.41, 5.74) is 0.629. The Labute approximate surface area is 144 Å². The summed E-state index contributed by atoms with van der Waals surface area (Å²) in [6.45, 7) is 1.53. The fourth-order valence-electron chi connectivity index (χ4n) is 2.21. The van der Waals surface area contributed by atoms with Crippen LogP contribution in [0, 0.1) is 12.7 Å². The highest BCUT2D eigenvalue weighted by molar-refractivity contribution is 7.92. The van der Waals surface area contributed by atoms with E-state index in [9.17, 15) is 12.8 Å². The van der Waals surface area contributed by atoms with Crippen LogP contribution in [0.25, 0.3) is 0 Å². The molecule has 0 saturated carbocycles. The Morgan fingerprint density at radius 3 is 2.68 bits per heavy atom. The Bertz CT molecular complexity index is 995. The summed E-state index contributed by atoms with van der Waals surface area (Å²) in [7, 11) is -3.85. The fraction of sp³-hybridized carbons (Fsp3) is 0.0588. The maximum Gasteiger partial charge on any atom is 0.262 e. The van der Waals surface area contributed by atoms with Gasteiger partial charge in [-0.05, 0) is 42.8 Å². The highest BCUT2D eigenvalue weighted by Gasteiger charge is 2.17. The summed E-state index contributed by atoms with van der Waals surface area (Å²) in [6.07, 6.45) is 4.44. The number of rotatable bonds is 5. The molecule has 0 amide bonds. The number of benzene rings is 2. The Hall–Kier alpha value is -3.00. The minimum atomic E-state index is -3.85. The topological polar surface area (TPSA) is 81.2 Å². The van der Waals surface area contributed by atoms with Crippen molar-refractivity contribution in [2.75, 3.05) is 4.72 Å². The maximum atomic E-state index is 13.2. The molecule has 1 aromatic heterocycles. The Morgan fingerprint density at radius 1 is 1.12 bits per heavy atom. The van der Waals surface area contributed by atoms with Crippen molar-refractivity contribution < 1.29 is 17.5 Å². The number of nitrogens with one attached hydrogen (secondary N) is 1. The molecule has 0 saturated heterocycles. The van der Waals surface area contributed by atoms with Crippen molar-refractivity contribution in [3.05, 3.63) is 72.4 Å². The molecule has 2 aromatic carbocycles. The van der Waals surface area contributed by atoms with Crippen molar-refractivity contribution in [3.8, 4) is 11.6 Å². The highest BCUT2D eigenvalue weighted by Crippen LogP contribution is 2.25. The number of hydrogen-bond acceptors (Lipinski definition) is 5. The maximum absolute atomic E-state index is 13.2. The molecule has 1 N–H and O–H groups in total. The van der Waals surface area contributed by atoms with Gasteiger partial charge in [0, 0.05) is 18.5 Å². The molecule has 6 nitrogen and oxygen atoms in total. The summed E-state index contributed by atoms with van der Waals surface area (Å²) >= 11 is 0. The fourth-order valence-corrected chi connectivity index (χ4v) is 3.48. The van der Waals surface area contributed by atoms with E-state index in [4.69, 9.17) is 4.74 Å². The molecule has 25 heavy (non-hydrogen) atoms. The Morgan fingerprint density at radius 2 is 1.96 bits per heavy atom. The predicted molar refractivity (Wildman–Crippen MR) is 90.5 cm³/mol. The van der Waals surface area contributed by atoms with Gasteiger partial charge in [-0.1, -0.05) is 6.07 Å². The molecular formula is C17H14FN3O3S. The van der Waals surface area contributed by atoms with Gasteiger partial charge in [0.15, 0.2) is 0 Å². The lowest BCUT2D eigenvalue weighted by Gasteiger charge is -2.11. The monoisotopic (exact) mass is 359 g/mol. The van der Waals surface area contributed by atoms with Crippen molar-refractivity contribution >= 4 is 15.7 Å². The van der Waals surface area contributed by atoms with E-state index in [-0.39, 0.29) is 10.8 Å². The van der Waals surface area contributed by atoms with Crippen LogP contribution in [-0.4, -0.2) is 18.4 Å². The van der Waals surface area contributed by atoms with Gasteiger partial charge in [-0.2, -0.15) is 0 Å². The number of aryl methyl sites for hydroxylation is 1. The first-order valence-corrected chi connectivity index (χ1v) is 8.75. The minimum Gasteiger partial charge on any atom is -0.437 e. The number of anilines is 1. The largest absolute Gasteiger partial charge is 0.437 e. The molecule has 0 radical (unpaired) electrons. The standard InChI is InChI=1S/C17H14FN3O3S/c1-12-9-13(18)5-6-16(12)25(22,23)21-14-3-2-4-15(10-14)24-17-11-19-7-8-20-17/h2-11,21H,1H3. The molecule has 0 aliphatic heterocycles. The number of aromatic nitrogens is 2. The van der Waals surface area contributed by atoms with E-state index in [0.717, 1.165) is 6.07 Å². The molecular weight excluding hydrogens is 345 g/mol. The van der Waals surface area contributed by atoms with Gasteiger partial charge in [-0.15, -0.1) is 0 Å². The highest BCUT2D eigenvalue weighted by atomic mass is 32.2. The molecule has 0 unspecified atom stereocenters. The lowest BCUT2D eigenvalue weighted by atomic mass is 10.2. The van der Waals surface area contributed by atoms with Crippen molar-refractivity contribution in [1.29, 1.82) is 0 Å². The first-order valence-electron chi connectivity index (χ1n) is 7.27. The van der Waals surface area contributed by atoms with Crippen LogP contribution >= 0.6 is 0 Å². The molecule has 0 fully saturated rings. The van der Waals surface area contributed by atoms with Crippen molar-refractivity contribution in [2.24, 2.45) is 0 Å². The Balaban J connectivity index is 1.84. The third kappa shape index (κ3) is 4.10. The second-order valence-corrected chi connectivity index (χ2v) is 6.84. The lowest BCUT2D eigenvalue weighted by Crippen LogP contribution is -2.14. The van der Waals surface area contributed by atoms with E-state index in [0.29, 0.717) is 17.0 Å². The molecule has 0 spiro atoms. The average molecular weight is 359 g/mol. The van der Waals surface area contributed by atoms with Crippen molar-refractivity contribution in [2.45, 2.75) is 11.8 Å². The van der Waals surface area contributed by atoms with E-state index in [1.807, 2.05) is 0 Å². The van der Waals surface area contributed by atoms with Gasteiger partial charge in [-0.25, -0.2) is 17.8 Å². The van der Waals surface area contributed by atoms with Crippen molar-refractivity contribution in [3.63, 3.8) is 0 Å². The van der Waals surface area contributed by atoms with Crippen LogP contribution in [0.1, 0.15) is 5.56 Å². The van der Waals surface area contributed by atoms with E-state index >= 15 is 0 Å². The van der Waals surface area contributed by atoms with Gasteiger partial charge in [0.25, 0.3) is 10.0 Å². The van der Waals surface area contributed by atoms with E-state index in [1.165, 1.54) is 43.7 Å². The van der Waals surface area contributed by atoms with Crippen LogP contribution < -0.4 is 9.46 Å². The van der Waals surface area contributed by atoms with Gasteiger partial charge >= 0.3 is 0 Å². The number of ether oxygens (including phenoxy) is 1. The Kier molecular flexibility index (Phi) is 4.62. The zero-order chi connectivity index (χ0) is 17.9. The third-order valence-electron chi connectivity index (χ3n) is 3.27. The molecule has 3 rings (SSSR count). The second kappa shape index (κ2) is 6.86. The van der Waals surface area contributed by atoms with Crippen LogP contribution in [0.2, 0.25) is 0 Å². The van der Waals surface area contributed by atoms with Crippen LogP contribution in [0.5, 0.6) is 11.6 Å². The number of sulfonamides is 1. The molecule has 128 valence electrons. The van der Waals surface area contributed by atoms with E-state index in [2.05, 4.69) is 14.7 Å². The zero-order valence-electron chi connectivity index (χ0n) is 13.2. The summed E-state index contributed by atoms with van der Waals surface area (Å²) in [6, 6.07) is 9.91. The minimum absolute atomic E-state index is 0.00847. The van der Waals surface area contributed by atoms with Gasteiger partial charge in [0.05, 0.1) is 16.8 Å². The molecule has 1 heterocycles. The normalized spacial score (nSPS) is 11.1. The van der Waals surface area contributed by atoms with Crippen LogP contribution in [-0.2, 0) is 10.0 Å².